The molecule has 5 heteroatoms. The van der Waals surface area contributed by atoms with Crippen LogP contribution in [0.3, 0.4) is 0 Å². The first-order chi connectivity index (χ1) is 9.24. The quantitative estimate of drug-likeness (QED) is 0.817. The zero-order valence-corrected chi connectivity index (χ0v) is 11.1. The van der Waals surface area contributed by atoms with E-state index in [4.69, 9.17) is 14.2 Å². The highest BCUT2D eigenvalue weighted by molar-refractivity contribution is 5.17. The average Bonchev–Trinajstić information content (AvgIpc) is 2.89. The second-order valence-corrected chi connectivity index (χ2v) is 5.13. The van der Waals surface area contributed by atoms with Crippen molar-refractivity contribution in [2.45, 2.75) is 37.5 Å². The largest absolute Gasteiger partial charge is 0.491 e. The fraction of sp³-hybridized carbons (Fsp3) is 0.643. The molecule has 3 rings (SSSR count). The number of ether oxygens (including phenoxy) is 3. The molecule has 1 aliphatic heterocycles. The van der Waals surface area contributed by atoms with E-state index < -0.39 is 0 Å². The topological polar surface area (TPSA) is 49.7 Å². The van der Waals surface area contributed by atoms with Gasteiger partial charge in [0.05, 0.1) is 20.3 Å². The van der Waals surface area contributed by atoms with Gasteiger partial charge in [-0.3, -0.25) is 4.79 Å². The van der Waals surface area contributed by atoms with Gasteiger partial charge >= 0.3 is 0 Å². The maximum atomic E-state index is 12.2. The third kappa shape index (κ3) is 2.28. The molecule has 0 amide bonds. The molecular formula is C14H19NO4. The second-order valence-electron chi connectivity index (χ2n) is 5.13. The Morgan fingerprint density at radius 3 is 2.63 bits per heavy atom. The molecule has 2 aliphatic rings. The number of hydrogen-bond acceptors (Lipinski definition) is 4. The standard InChI is InChI=1S/C14H19NO4/c1-17-12-3-2-8-15(13(12)16)11-4-6-14(7-5-11)18-9-10-19-14/h2-3,8,11H,4-7,9-10H2,1H3. The second kappa shape index (κ2) is 4.98. The third-order valence-corrected chi connectivity index (χ3v) is 4.08. The Kier molecular flexibility index (Phi) is 3.33. The summed E-state index contributed by atoms with van der Waals surface area (Å²) in [7, 11) is 1.52. The maximum Gasteiger partial charge on any atom is 0.293 e. The summed E-state index contributed by atoms with van der Waals surface area (Å²) in [6.45, 7) is 1.37. The lowest BCUT2D eigenvalue weighted by molar-refractivity contribution is -0.181. The van der Waals surface area contributed by atoms with Crippen LogP contribution in [0.15, 0.2) is 23.1 Å². The SMILES string of the molecule is COc1cccn(C2CCC3(CC2)OCCO3)c1=O. The third-order valence-electron chi connectivity index (χ3n) is 4.08. The fourth-order valence-electron chi connectivity index (χ4n) is 3.04. The highest BCUT2D eigenvalue weighted by Gasteiger charge is 2.40. The normalized spacial score (nSPS) is 22.8. The Morgan fingerprint density at radius 2 is 2.00 bits per heavy atom. The summed E-state index contributed by atoms with van der Waals surface area (Å²) in [4.78, 5) is 12.2. The minimum absolute atomic E-state index is 0.0563. The van der Waals surface area contributed by atoms with Crippen LogP contribution in [0.1, 0.15) is 31.7 Å². The molecule has 1 aliphatic carbocycles. The summed E-state index contributed by atoms with van der Waals surface area (Å²) in [5.74, 6) is 0.0232. The van der Waals surface area contributed by atoms with Crippen LogP contribution in [-0.4, -0.2) is 30.7 Å². The van der Waals surface area contributed by atoms with Gasteiger partial charge in [0.2, 0.25) is 0 Å². The maximum absolute atomic E-state index is 12.2. The van der Waals surface area contributed by atoms with Crippen LogP contribution in [-0.2, 0) is 9.47 Å². The average molecular weight is 265 g/mol. The summed E-state index contributed by atoms with van der Waals surface area (Å²) in [6, 6.07) is 3.76. The number of rotatable bonds is 2. The predicted molar refractivity (Wildman–Crippen MR) is 69.4 cm³/mol. The van der Waals surface area contributed by atoms with E-state index in [0.717, 1.165) is 25.7 Å². The lowest BCUT2D eigenvalue weighted by Crippen LogP contribution is -2.37. The van der Waals surface area contributed by atoms with Crippen molar-refractivity contribution in [2.24, 2.45) is 0 Å². The predicted octanol–water partition coefficient (Wildman–Crippen LogP) is 1.72. The van der Waals surface area contributed by atoms with E-state index in [1.165, 1.54) is 7.11 Å². The highest BCUT2D eigenvalue weighted by atomic mass is 16.7. The highest BCUT2D eigenvalue weighted by Crippen LogP contribution is 2.39. The van der Waals surface area contributed by atoms with Gasteiger partial charge in [-0.15, -0.1) is 0 Å². The van der Waals surface area contributed by atoms with Gasteiger partial charge in [0.15, 0.2) is 11.5 Å². The number of aromatic nitrogens is 1. The lowest BCUT2D eigenvalue weighted by Gasteiger charge is -2.36. The Morgan fingerprint density at radius 1 is 1.32 bits per heavy atom. The Bertz CT molecular complexity index is 494. The molecule has 19 heavy (non-hydrogen) atoms. The van der Waals surface area contributed by atoms with Gasteiger partial charge in [0.25, 0.3) is 5.56 Å². The van der Waals surface area contributed by atoms with Crippen LogP contribution in [0.4, 0.5) is 0 Å². The molecule has 2 fully saturated rings. The first-order valence-corrected chi connectivity index (χ1v) is 6.77. The molecule has 1 saturated heterocycles. The van der Waals surface area contributed by atoms with Crippen LogP contribution in [0.2, 0.25) is 0 Å². The van der Waals surface area contributed by atoms with Gasteiger partial charge in [-0.05, 0) is 25.0 Å². The van der Waals surface area contributed by atoms with Gasteiger partial charge in [0.1, 0.15) is 0 Å². The number of methoxy groups -OCH3 is 1. The molecule has 1 aromatic heterocycles. The molecular weight excluding hydrogens is 246 g/mol. The van der Waals surface area contributed by atoms with E-state index in [2.05, 4.69) is 0 Å². The van der Waals surface area contributed by atoms with Crippen molar-refractivity contribution in [3.05, 3.63) is 28.7 Å². The first kappa shape index (κ1) is 12.7. The van der Waals surface area contributed by atoms with Crippen LogP contribution >= 0.6 is 0 Å². The van der Waals surface area contributed by atoms with Gasteiger partial charge < -0.3 is 18.8 Å². The lowest BCUT2D eigenvalue weighted by atomic mass is 9.90. The molecule has 0 N–H and O–H groups in total. The van der Waals surface area contributed by atoms with Crippen LogP contribution in [0, 0.1) is 0 Å². The van der Waals surface area contributed by atoms with Crippen molar-refractivity contribution in [1.82, 2.24) is 4.57 Å². The zero-order valence-electron chi connectivity index (χ0n) is 11.1. The molecule has 0 bridgehead atoms. The summed E-state index contributed by atoms with van der Waals surface area (Å²) in [5.41, 5.74) is -0.0563. The minimum Gasteiger partial charge on any atom is -0.491 e. The van der Waals surface area contributed by atoms with E-state index in [9.17, 15) is 4.79 Å². The van der Waals surface area contributed by atoms with Gasteiger partial charge in [-0.25, -0.2) is 0 Å². The zero-order chi connectivity index (χ0) is 13.3. The Labute approximate surface area is 112 Å². The molecule has 1 spiro atoms. The fourth-order valence-corrected chi connectivity index (χ4v) is 3.04. The van der Waals surface area contributed by atoms with E-state index >= 15 is 0 Å². The van der Waals surface area contributed by atoms with Crippen molar-refractivity contribution in [2.75, 3.05) is 20.3 Å². The van der Waals surface area contributed by atoms with E-state index in [-0.39, 0.29) is 17.4 Å². The van der Waals surface area contributed by atoms with Gasteiger partial charge in [-0.2, -0.15) is 0 Å². The van der Waals surface area contributed by atoms with Gasteiger partial charge in [-0.1, -0.05) is 0 Å². The van der Waals surface area contributed by atoms with E-state index in [0.29, 0.717) is 19.0 Å². The number of hydrogen-bond donors (Lipinski definition) is 0. The molecule has 5 nitrogen and oxygen atoms in total. The summed E-state index contributed by atoms with van der Waals surface area (Å²) in [6.07, 6.45) is 5.33. The van der Waals surface area contributed by atoms with Crippen molar-refractivity contribution in [1.29, 1.82) is 0 Å². The van der Waals surface area contributed by atoms with E-state index in [1.807, 2.05) is 12.3 Å². The van der Waals surface area contributed by atoms with Crippen LogP contribution in [0.5, 0.6) is 5.75 Å². The van der Waals surface area contributed by atoms with Crippen LogP contribution < -0.4 is 10.3 Å². The summed E-state index contributed by atoms with van der Waals surface area (Å²) < 4.78 is 18.3. The first-order valence-electron chi connectivity index (χ1n) is 6.77. The molecule has 2 heterocycles. The molecule has 0 radical (unpaired) electrons. The molecule has 1 saturated carbocycles. The number of nitrogens with zero attached hydrogens (tertiary/aromatic N) is 1. The molecule has 1 aromatic rings. The van der Waals surface area contributed by atoms with Gasteiger partial charge in [0, 0.05) is 25.1 Å². The minimum atomic E-state index is -0.376. The molecule has 0 unspecified atom stereocenters. The molecule has 104 valence electrons. The molecule has 0 atom stereocenters. The van der Waals surface area contributed by atoms with E-state index in [1.54, 1.807) is 10.6 Å². The Hall–Kier alpha value is -1.33. The number of pyridine rings is 1. The smallest absolute Gasteiger partial charge is 0.293 e. The van der Waals surface area contributed by atoms with Crippen molar-refractivity contribution < 1.29 is 14.2 Å². The Balaban J connectivity index is 1.76. The summed E-state index contributed by atoms with van der Waals surface area (Å²) in [5, 5.41) is 0. The monoisotopic (exact) mass is 265 g/mol. The molecule has 0 aromatic carbocycles. The summed E-state index contributed by atoms with van der Waals surface area (Å²) >= 11 is 0. The van der Waals surface area contributed by atoms with Crippen molar-refractivity contribution >= 4 is 0 Å². The van der Waals surface area contributed by atoms with Crippen molar-refractivity contribution in [3.8, 4) is 5.75 Å². The van der Waals surface area contributed by atoms with Crippen molar-refractivity contribution in [3.63, 3.8) is 0 Å². The van der Waals surface area contributed by atoms with Crippen LogP contribution in [0.25, 0.3) is 0 Å².